The molecule has 5 rings (SSSR count). The maximum atomic E-state index is 10.6. The molecule has 1 aromatic carbocycles. The summed E-state index contributed by atoms with van der Waals surface area (Å²) < 4.78 is 11.8. The smallest absolute Gasteiger partial charge is 1.00 e. The Hall–Kier alpha value is 0.846. The van der Waals surface area contributed by atoms with Crippen molar-refractivity contribution >= 4 is 0 Å². The Morgan fingerprint density at radius 3 is 2.88 bits per heavy atom. The molecule has 2 aliphatic heterocycles. The van der Waals surface area contributed by atoms with Crippen molar-refractivity contribution in [2.75, 3.05) is 20.7 Å². The molecule has 0 saturated carbocycles. The van der Waals surface area contributed by atoms with Gasteiger partial charge in [0.2, 0.25) is 0 Å². The van der Waals surface area contributed by atoms with E-state index in [-0.39, 0.29) is 86.9 Å². The van der Waals surface area contributed by atoms with Gasteiger partial charge in [0.05, 0.1) is 7.11 Å². The third-order valence-electron chi connectivity index (χ3n) is 6.35. The molecule has 1 N–H and O–H groups in total. The molecule has 124 valence electrons. The quantitative estimate of drug-likeness (QED) is 0.258. The number of hydrogen-bond acceptors (Lipinski definition) is 4. The van der Waals surface area contributed by atoms with Gasteiger partial charge in [-0.15, -0.1) is 0 Å². The monoisotopic (exact) mass is 465 g/mol. The van der Waals surface area contributed by atoms with Gasteiger partial charge < -0.3 is 43.5 Å². The second kappa shape index (κ2) is 6.78. The van der Waals surface area contributed by atoms with E-state index in [0.717, 1.165) is 30.9 Å². The average molecular weight is 465 g/mol. The fraction of sp³-hybridized carbons (Fsp3) is 0.556. The van der Waals surface area contributed by atoms with Crippen LogP contribution in [0.5, 0.6) is 11.5 Å². The number of ether oxygens (including phenoxy) is 2. The first-order valence-electron chi connectivity index (χ1n) is 8.10. The number of hydrogen-bond donors (Lipinski definition) is 1. The summed E-state index contributed by atoms with van der Waals surface area (Å²) in [5.41, 5.74) is 2.60. The molecule has 2 heterocycles. The fourth-order valence-corrected chi connectivity index (χ4v) is 5.39. The van der Waals surface area contributed by atoms with Crippen molar-refractivity contribution in [3.63, 3.8) is 0 Å². The molecule has 6 heteroatoms. The molecule has 0 amide bonds. The van der Waals surface area contributed by atoms with Crippen LogP contribution in [0.15, 0.2) is 24.3 Å². The number of likely N-dealkylation sites (N-methyl/N-ethyl adjacent to an activating group) is 1. The number of halogens is 1. The second-order valence-corrected chi connectivity index (χ2v) is 7.11. The summed E-state index contributed by atoms with van der Waals surface area (Å²) in [5, 5.41) is 10.6. The third kappa shape index (κ3) is 2.30. The number of rotatable bonds is 1. The second-order valence-electron chi connectivity index (χ2n) is 7.11. The van der Waals surface area contributed by atoms with Gasteiger partial charge in [0.15, 0.2) is 11.5 Å². The van der Waals surface area contributed by atoms with Crippen LogP contribution in [0.1, 0.15) is 17.5 Å². The van der Waals surface area contributed by atoms with Crippen molar-refractivity contribution in [2.45, 2.75) is 36.5 Å². The Kier molecular flexibility index (Phi) is 5.54. The number of benzene rings is 1. The Labute approximate surface area is 202 Å². The normalized spacial score (nSPS) is 37.6. The van der Waals surface area contributed by atoms with Gasteiger partial charge >= 0.3 is 51.4 Å². The summed E-state index contributed by atoms with van der Waals surface area (Å²) in [7, 11) is 3.91. The molecule has 4 aliphatic rings. The predicted octanol–water partition coefficient (Wildman–Crippen LogP) is -4.49. The number of methoxy groups -OCH3 is 1. The third-order valence-corrected chi connectivity index (χ3v) is 6.35. The zero-order chi connectivity index (χ0) is 15.1. The van der Waals surface area contributed by atoms with Crippen LogP contribution in [0.4, 0.5) is 0 Å². The Morgan fingerprint density at radius 1 is 1.33 bits per heavy atom. The zero-order valence-electron chi connectivity index (χ0n) is 14.3. The molecule has 0 radical (unpaired) electrons. The van der Waals surface area contributed by atoms with E-state index in [9.17, 15) is 5.11 Å². The van der Waals surface area contributed by atoms with Gasteiger partial charge in [-0.25, -0.2) is 0 Å². The van der Waals surface area contributed by atoms with E-state index in [1.807, 2.05) is 12.1 Å². The molecule has 5 atom stereocenters. The van der Waals surface area contributed by atoms with Crippen molar-refractivity contribution in [1.29, 1.82) is 0 Å². The summed E-state index contributed by atoms with van der Waals surface area (Å²) in [5.74, 6) is 2.09. The van der Waals surface area contributed by atoms with E-state index >= 15 is 0 Å². The summed E-state index contributed by atoms with van der Waals surface area (Å²) in [4.78, 5) is 2.47. The molecular formula is C18H21IKNO3. The minimum Gasteiger partial charge on any atom is -1.00 e. The van der Waals surface area contributed by atoms with E-state index in [1.165, 1.54) is 11.1 Å². The maximum Gasteiger partial charge on any atom is 1.00 e. The van der Waals surface area contributed by atoms with Gasteiger partial charge in [-0.2, -0.15) is 0 Å². The summed E-state index contributed by atoms with van der Waals surface area (Å²) >= 11 is 0. The number of aliphatic hydroxyl groups excluding tert-OH is 1. The molecule has 1 spiro atoms. The van der Waals surface area contributed by atoms with Crippen LogP contribution in [0.3, 0.4) is 0 Å². The molecule has 4 nitrogen and oxygen atoms in total. The van der Waals surface area contributed by atoms with Gasteiger partial charge in [0.25, 0.3) is 0 Å². The maximum absolute atomic E-state index is 10.6. The van der Waals surface area contributed by atoms with Gasteiger partial charge in [0, 0.05) is 22.9 Å². The topological polar surface area (TPSA) is 41.9 Å². The van der Waals surface area contributed by atoms with E-state index < -0.39 is 6.10 Å². The largest absolute Gasteiger partial charge is 1.00 e. The van der Waals surface area contributed by atoms with Crippen molar-refractivity contribution in [3.8, 4) is 11.5 Å². The Balaban J connectivity index is 0.000000845. The first-order valence-corrected chi connectivity index (χ1v) is 8.10. The average Bonchev–Trinajstić information content (AvgIpc) is 2.88. The molecule has 0 unspecified atom stereocenters. The standard InChI is InChI=1S/C18H21NO3.HI.K/c1-19-8-7-18-11-4-5-13(20)17(18)22-16-14(21-2)6-3-10(15(16)18)9-12(11)19;;/h3-6,11-13,17,20H,7-9H2,1-2H3;1H;/q;;+1/p-1/t11-,12+,13-,17-,18-;;/m0../s1. The number of likely N-dealkylation sites (tertiary alicyclic amines) is 1. The van der Waals surface area contributed by atoms with Gasteiger partial charge in [-0.1, -0.05) is 18.2 Å². The van der Waals surface area contributed by atoms with Crippen LogP contribution < -0.4 is 84.8 Å². The molecule has 0 aromatic heterocycles. The zero-order valence-corrected chi connectivity index (χ0v) is 19.6. The molecule has 24 heavy (non-hydrogen) atoms. The molecule has 2 bridgehead atoms. The van der Waals surface area contributed by atoms with Crippen LogP contribution in [0.25, 0.3) is 0 Å². The number of nitrogens with zero attached hydrogens (tertiary/aromatic N) is 1. The molecule has 2 aliphatic carbocycles. The molecule has 1 fully saturated rings. The van der Waals surface area contributed by atoms with Crippen LogP contribution in [0.2, 0.25) is 0 Å². The van der Waals surface area contributed by atoms with E-state index in [2.05, 4.69) is 24.1 Å². The van der Waals surface area contributed by atoms with E-state index in [0.29, 0.717) is 12.0 Å². The Morgan fingerprint density at radius 2 is 2.12 bits per heavy atom. The minimum atomic E-state index is -0.539. The van der Waals surface area contributed by atoms with E-state index in [4.69, 9.17) is 9.47 Å². The van der Waals surface area contributed by atoms with Gasteiger partial charge in [0.1, 0.15) is 12.2 Å². The number of aliphatic hydroxyl groups is 1. The fourth-order valence-electron chi connectivity index (χ4n) is 5.39. The van der Waals surface area contributed by atoms with Crippen molar-refractivity contribution in [2.24, 2.45) is 5.92 Å². The minimum absolute atomic E-state index is 0. The Bertz CT molecular complexity index is 697. The molecular weight excluding hydrogens is 444 g/mol. The summed E-state index contributed by atoms with van der Waals surface area (Å²) in [6, 6.07) is 4.70. The van der Waals surface area contributed by atoms with Crippen LogP contribution in [0, 0.1) is 5.92 Å². The number of piperidine rings is 1. The van der Waals surface area contributed by atoms with Gasteiger partial charge in [-0.3, -0.25) is 0 Å². The van der Waals surface area contributed by atoms with Crippen molar-refractivity contribution < 1.29 is 89.9 Å². The summed E-state index contributed by atoms with van der Waals surface area (Å²) in [6.07, 6.45) is 5.54. The van der Waals surface area contributed by atoms with Crippen LogP contribution >= 0.6 is 0 Å². The van der Waals surface area contributed by atoms with Crippen LogP contribution in [-0.4, -0.2) is 49.0 Å². The first kappa shape index (κ1) is 19.6. The van der Waals surface area contributed by atoms with Gasteiger partial charge in [-0.05, 0) is 38.1 Å². The predicted molar refractivity (Wildman–Crippen MR) is 82.5 cm³/mol. The van der Waals surface area contributed by atoms with E-state index in [1.54, 1.807) is 7.11 Å². The SMILES string of the molecule is COc1ccc2c3c1O[C@H]1[C@@H](O)C=C[C@H]4[C@@H](C2)N(C)CC[C@@]341.[I-].[K+]. The summed E-state index contributed by atoms with van der Waals surface area (Å²) in [6.45, 7) is 1.05. The molecule has 1 saturated heterocycles. The molecule has 1 aromatic rings. The first-order chi connectivity index (χ1) is 10.7. The van der Waals surface area contributed by atoms with Crippen molar-refractivity contribution in [3.05, 3.63) is 35.4 Å². The van der Waals surface area contributed by atoms with Crippen molar-refractivity contribution in [1.82, 2.24) is 4.90 Å². The van der Waals surface area contributed by atoms with Crippen LogP contribution in [-0.2, 0) is 11.8 Å².